The van der Waals surface area contributed by atoms with Gasteiger partial charge in [-0.25, -0.2) is 4.79 Å². The van der Waals surface area contributed by atoms with Gasteiger partial charge in [0.15, 0.2) is 0 Å². The van der Waals surface area contributed by atoms with Crippen molar-refractivity contribution in [1.82, 2.24) is 35.5 Å². The molecular formula is C48H61N7O8. The third-order valence-corrected chi connectivity index (χ3v) is 12.5. The summed E-state index contributed by atoms with van der Waals surface area (Å²) in [5, 5.41) is 31.6. The van der Waals surface area contributed by atoms with E-state index in [0.29, 0.717) is 44.8 Å². The van der Waals surface area contributed by atoms with Crippen LogP contribution in [0, 0.1) is 17.3 Å². The fourth-order valence-electron chi connectivity index (χ4n) is 9.08. The van der Waals surface area contributed by atoms with E-state index in [0.717, 1.165) is 44.5 Å². The molecule has 7 rings (SSSR count). The molecule has 4 aromatic rings. The Bertz CT molecular complexity index is 2390. The molecule has 2 fully saturated rings. The molecule has 0 radical (unpaired) electrons. The first-order chi connectivity index (χ1) is 30.0. The minimum absolute atomic E-state index is 0.00126. The third kappa shape index (κ3) is 9.66. The van der Waals surface area contributed by atoms with E-state index in [9.17, 15) is 29.4 Å². The number of phenolic OH excluding ortho intramolecular Hbond substituents is 1. The van der Waals surface area contributed by atoms with E-state index in [4.69, 9.17) is 14.5 Å². The third-order valence-electron chi connectivity index (χ3n) is 12.5. The maximum atomic E-state index is 14.6. The number of nitrogens with one attached hydrogen (secondary N) is 3. The lowest BCUT2D eigenvalue weighted by atomic mass is 9.84. The van der Waals surface area contributed by atoms with Crippen LogP contribution in [0.1, 0.15) is 64.3 Å². The number of hydrogen-bond donors (Lipinski definition) is 5. The van der Waals surface area contributed by atoms with Gasteiger partial charge in [-0.2, -0.15) is 5.43 Å². The van der Waals surface area contributed by atoms with Crippen molar-refractivity contribution in [1.29, 1.82) is 0 Å². The van der Waals surface area contributed by atoms with E-state index >= 15 is 0 Å². The number of aromatic nitrogens is 2. The van der Waals surface area contributed by atoms with Gasteiger partial charge in [-0.15, -0.1) is 0 Å². The number of aromatic hydroxyl groups is 1. The highest BCUT2D eigenvalue weighted by Crippen LogP contribution is 2.41. The summed E-state index contributed by atoms with van der Waals surface area (Å²) in [4.78, 5) is 61.1. The van der Waals surface area contributed by atoms with Gasteiger partial charge in [-0.1, -0.05) is 46.4 Å². The predicted molar refractivity (Wildman–Crippen MR) is 239 cm³/mol. The number of hydrogen-bond acceptors (Lipinski definition) is 11. The number of aliphatic hydroxyl groups is 1. The second-order valence-corrected chi connectivity index (χ2v) is 18.3. The lowest BCUT2D eigenvalue weighted by Gasteiger charge is -2.41. The van der Waals surface area contributed by atoms with Crippen LogP contribution in [0.25, 0.3) is 33.3 Å². The van der Waals surface area contributed by atoms with Crippen LogP contribution in [0.2, 0.25) is 0 Å². The minimum atomic E-state index is -2.21. The average molecular weight is 864 g/mol. The molecule has 5 heterocycles. The number of pyridine rings is 1. The topological polar surface area (TPSA) is 188 Å². The Balaban J connectivity index is 1.30. The van der Waals surface area contributed by atoms with Gasteiger partial charge in [0, 0.05) is 86.8 Å². The number of esters is 1. The van der Waals surface area contributed by atoms with Gasteiger partial charge in [-0.3, -0.25) is 24.4 Å². The molecular weight excluding hydrogens is 803 g/mol. The quantitative estimate of drug-likeness (QED) is 0.106. The zero-order chi connectivity index (χ0) is 45.2. The smallest absolute Gasteiger partial charge is 0.355 e. The number of amides is 3. The van der Waals surface area contributed by atoms with E-state index in [-0.39, 0.29) is 61.9 Å². The van der Waals surface area contributed by atoms with Gasteiger partial charge in [0.05, 0.1) is 30.5 Å². The zero-order valence-electron chi connectivity index (χ0n) is 37.2. The highest BCUT2D eigenvalue weighted by molar-refractivity contribution is 5.96. The Morgan fingerprint density at radius 3 is 2.62 bits per heavy atom. The van der Waals surface area contributed by atoms with Gasteiger partial charge < -0.3 is 39.8 Å². The molecule has 5 N–H and O–H groups in total. The van der Waals surface area contributed by atoms with Gasteiger partial charge >= 0.3 is 5.97 Å². The maximum Gasteiger partial charge on any atom is 0.355 e. The summed E-state index contributed by atoms with van der Waals surface area (Å²) in [5.74, 6) is -2.64. The lowest BCUT2D eigenvalue weighted by molar-refractivity contribution is -0.189. The Labute approximate surface area is 368 Å². The molecule has 0 aliphatic carbocycles. The molecule has 3 aliphatic rings. The number of ether oxygens (including phenoxy) is 2. The minimum Gasteiger partial charge on any atom is -0.508 e. The van der Waals surface area contributed by atoms with Crippen molar-refractivity contribution >= 4 is 34.6 Å². The number of carbonyl (C=O) groups excluding carboxylic acids is 4. The number of cyclic esters (lactones) is 1. The fraction of sp³-hybridized carbons (Fsp3) is 0.479. The molecule has 336 valence electrons. The van der Waals surface area contributed by atoms with E-state index in [1.165, 1.54) is 11.1 Å². The van der Waals surface area contributed by atoms with E-state index in [1.54, 1.807) is 30.3 Å². The maximum absolute atomic E-state index is 14.6. The highest BCUT2D eigenvalue weighted by atomic mass is 16.6. The fourth-order valence-corrected chi connectivity index (χ4v) is 9.08. The lowest BCUT2D eigenvalue weighted by Crippen LogP contribution is -2.67. The van der Waals surface area contributed by atoms with Crippen LogP contribution in [0.4, 0.5) is 0 Å². The monoisotopic (exact) mass is 863 g/mol. The van der Waals surface area contributed by atoms with E-state index < -0.39 is 35.0 Å². The van der Waals surface area contributed by atoms with Gasteiger partial charge in [0.2, 0.25) is 17.5 Å². The number of hydrazine groups is 1. The Hall–Kier alpha value is -5.61. The van der Waals surface area contributed by atoms with Crippen LogP contribution in [0.3, 0.4) is 0 Å². The Kier molecular flexibility index (Phi) is 13.4. The predicted octanol–water partition coefficient (Wildman–Crippen LogP) is 4.47. The summed E-state index contributed by atoms with van der Waals surface area (Å²) in [6.45, 7) is 15.9. The van der Waals surface area contributed by atoms with Crippen molar-refractivity contribution < 1.29 is 38.9 Å². The number of phenols is 1. The summed E-state index contributed by atoms with van der Waals surface area (Å²) in [5.41, 5.74) is 6.76. The number of fused-ring (bicyclic) bond motifs is 6. The first-order valence-corrected chi connectivity index (χ1v) is 21.9. The molecule has 2 saturated heterocycles. The Morgan fingerprint density at radius 1 is 1.13 bits per heavy atom. The van der Waals surface area contributed by atoms with E-state index in [2.05, 4.69) is 46.3 Å². The molecule has 2 aromatic heterocycles. The van der Waals surface area contributed by atoms with Crippen molar-refractivity contribution in [2.45, 2.75) is 91.3 Å². The number of nitrogens with zero attached hydrogens (tertiary/aromatic N) is 4. The molecule has 2 aromatic carbocycles. The molecule has 0 saturated carbocycles. The second-order valence-electron chi connectivity index (χ2n) is 18.3. The molecule has 6 bridgehead atoms. The molecule has 15 nitrogen and oxygen atoms in total. The van der Waals surface area contributed by atoms with Crippen molar-refractivity contribution in [3.05, 3.63) is 84.2 Å². The normalized spacial score (nSPS) is 21.1. The summed E-state index contributed by atoms with van der Waals surface area (Å²) in [6.07, 6.45) is 3.79. The first kappa shape index (κ1) is 45.4. The second kappa shape index (κ2) is 18.6. The van der Waals surface area contributed by atoms with E-state index in [1.807, 2.05) is 52.0 Å². The van der Waals surface area contributed by atoms with Crippen LogP contribution < -0.4 is 16.1 Å². The number of aryl methyl sites for hydroxylation is 1. The summed E-state index contributed by atoms with van der Waals surface area (Å²) >= 11 is 0. The summed E-state index contributed by atoms with van der Waals surface area (Å²) in [7, 11) is 1.64. The molecule has 0 spiro atoms. The van der Waals surface area contributed by atoms with Crippen LogP contribution in [-0.2, 0) is 54.6 Å². The molecule has 3 aliphatic heterocycles. The molecule has 3 amide bonds. The summed E-state index contributed by atoms with van der Waals surface area (Å²) < 4.78 is 13.8. The molecule has 0 unspecified atom stereocenters. The Morgan fingerprint density at radius 2 is 1.90 bits per heavy atom. The first-order valence-electron chi connectivity index (χ1n) is 21.9. The average Bonchev–Trinajstić information content (AvgIpc) is 3.53. The number of methoxy groups -OCH3 is 1. The van der Waals surface area contributed by atoms with Crippen molar-refractivity contribution in [2.75, 3.05) is 39.9 Å². The van der Waals surface area contributed by atoms with Crippen molar-refractivity contribution in [3.63, 3.8) is 0 Å². The number of rotatable bonds is 11. The van der Waals surface area contributed by atoms with Gasteiger partial charge in [0.1, 0.15) is 11.8 Å². The largest absolute Gasteiger partial charge is 0.508 e. The zero-order valence-corrected chi connectivity index (χ0v) is 37.2. The standard InChI is InChI=1S/C48H61N7O8/c1-8-42(57)53-25-33(26-53)50-24-38(29(3)4)44(58)51-39-20-30-18-32(21-34(56)19-30)31-13-14-41-36(22-31)37(43(54(41)9-2)35-12-10-16-49-40(35)27-62-7)23-47(5,6)28-63-46(60)48(61)15-11-17-55(52-48)45(39)59/h8,10,12-14,16,18-19,21-22,29,33,38-39,50,52,56,61H,1,9,11,15,17,20,23-28H2,2-7H3,(H,51,58)/t38-,39-,48-/m0/s1. The van der Waals surface area contributed by atoms with Crippen LogP contribution in [-0.4, -0.2) is 111 Å². The van der Waals surface area contributed by atoms with Crippen LogP contribution >= 0.6 is 0 Å². The molecule has 3 atom stereocenters. The summed E-state index contributed by atoms with van der Waals surface area (Å²) in [6, 6.07) is 14.2. The number of benzene rings is 2. The van der Waals surface area contributed by atoms with Crippen molar-refractivity contribution in [2.24, 2.45) is 17.3 Å². The van der Waals surface area contributed by atoms with Gasteiger partial charge in [-0.05, 0) is 90.4 Å². The van der Waals surface area contributed by atoms with Crippen LogP contribution in [0.5, 0.6) is 5.75 Å². The molecule has 15 heteroatoms. The van der Waals surface area contributed by atoms with Crippen molar-refractivity contribution in [3.8, 4) is 28.1 Å². The molecule has 63 heavy (non-hydrogen) atoms. The SMILES string of the molecule is C=CC(=O)N1CC(NC[C@H](C(=O)N[C@H]2Cc3cc(O)cc(c3)-c3ccc4c(c3)c(c(-c3cccnc3COC)n4CC)CC(C)(C)COC(=O)[C@@]3(O)CCCN(N3)C2=O)C(C)C)C1. The van der Waals surface area contributed by atoms with Crippen LogP contribution in [0.15, 0.2) is 67.4 Å². The van der Waals surface area contributed by atoms with Gasteiger partial charge in [0.25, 0.3) is 5.91 Å². The number of carbonyl (C=O) groups is 4. The number of likely N-dealkylation sites (tertiary alicyclic amines) is 1. The highest BCUT2D eigenvalue weighted by Gasteiger charge is 2.45.